The van der Waals surface area contributed by atoms with Crippen molar-refractivity contribution in [3.63, 3.8) is 0 Å². The van der Waals surface area contributed by atoms with E-state index in [1.54, 1.807) is 4.90 Å². The molecule has 6 heteroatoms. The molecule has 0 aromatic carbocycles. The molecule has 2 aliphatic heterocycles. The van der Waals surface area contributed by atoms with E-state index in [9.17, 15) is 13.2 Å². The number of likely N-dealkylation sites (tertiary alicyclic amines) is 1. The van der Waals surface area contributed by atoms with Gasteiger partial charge in [-0.1, -0.05) is 12.8 Å². The molecule has 0 saturated carbocycles. The Kier molecular flexibility index (Phi) is 4.61. The molecule has 2 heterocycles. The van der Waals surface area contributed by atoms with Crippen LogP contribution in [0.5, 0.6) is 0 Å². The summed E-state index contributed by atoms with van der Waals surface area (Å²) >= 11 is 0. The summed E-state index contributed by atoms with van der Waals surface area (Å²) in [4.78, 5) is 13.7. The molecule has 0 spiro atoms. The van der Waals surface area contributed by atoms with Crippen LogP contribution in [-0.2, 0) is 14.6 Å². The highest BCUT2D eigenvalue weighted by atomic mass is 32.2. The Morgan fingerprint density at radius 1 is 1.11 bits per heavy atom. The molecule has 1 amide bonds. The third-order valence-corrected chi connectivity index (χ3v) is 5.32. The van der Waals surface area contributed by atoms with Crippen LogP contribution in [-0.4, -0.2) is 56.9 Å². The summed E-state index contributed by atoms with van der Waals surface area (Å²) in [6, 6.07) is 0. The topological polar surface area (TPSA) is 66.5 Å². The van der Waals surface area contributed by atoms with Crippen molar-refractivity contribution in [1.82, 2.24) is 10.2 Å². The summed E-state index contributed by atoms with van der Waals surface area (Å²) in [5.74, 6) is -0.153. The Hall–Kier alpha value is -0.620. The quantitative estimate of drug-likeness (QED) is 0.785. The third kappa shape index (κ3) is 3.95. The molecule has 18 heavy (non-hydrogen) atoms. The molecular weight excluding hydrogens is 252 g/mol. The van der Waals surface area contributed by atoms with E-state index >= 15 is 0 Å². The first-order valence-electron chi connectivity index (χ1n) is 6.76. The second kappa shape index (κ2) is 6.02. The van der Waals surface area contributed by atoms with Gasteiger partial charge in [0.1, 0.15) is 5.75 Å². The predicted molar refractivity (Wildman–Crippen MR) is 70.1 cm³/mol. The number of nitrogens with zero attached hydrogens (tertiary/aromatic N) is 1. The first-order valence-corrected chi connectivity index (χ1v) is 8.58. The smallest absolute Gasteiger partial charge is 0.237 e. The lowest BCUT2D eigenvalue weighted by Gasteiger charge is -2.27. The lowest BCUT2D eigenvalue weighted by molar-refractivity contribution is -0.128. The van der Waals surface area contributed by atoms with Gasteiger partial charge in [-0.3, -0.25) is 4.79 Å². The summed E-state index contributed by atoms with van der Waals surface area (Å²) in [5, 5.41) is 3.05. The molecule has 0 aromatic heterocycles. The lowest BCUT2D eigenvalue weighted by atomic mass is 10.1. The highest BCUT2D eigenvalue weighted by Crippen LogP contribution is 2.12. The van der Waals surface area contributed by atoms with Crippen LogP contribution >= 0.6 is 0 Å². The summed E-state index contributed by atoms with van der Waals surface area (Å²) < 4.78 is 23.8. The zero-order valence-corrected chi connectivity index (χ0v) is 11.5. The normalized spacial score (nSPS) is 22.3. The van der Waals surface area contributed by atoms with Crippen LogP contribution < -0.4 is 5.32 Å². The van der Waals surface area contributed by atoms with Crippen molar-refractivity contribution in [2.24, 2.45) is 5.92 Å². The van der Waals surface area contributed by atoms with Gasteiger partial charge in [0, 0.05) is 26.2 Å². The number of amides is 1. The highest BCUT2D eigenvalue weighted by molar-refractivity contribution is 7.92. The van der Waals surface area contributed by atoms with Gasteiger partial charge < -0.3 is 10.2 Å². The largest absolute Gasteiger partial charge is 0.342 e. The van der Waals surface area contributed by atoms with Crippen LogP contribution in [0.15, 0.2) is 0 Å². The van der Waals surface area contributed by atoms with Gasteiger partial charge >= 0.3 is 0 Å². The number of rotatable bonds is 4. The van der Waals surface area contributed by atoms with Gasteiger partial charge in [-0.2, -0.15) is 0 Å². The van der Waals surface area contributed by atoms with Gasteiger partial charge in [-0.05, 0) is 18.8 Å². The van der Waals surface area contributed by atoms with E-state index in [1.807, 2.05) is 0 Å². The van der Waals surface area contributed by atoms with E-state index in [0.29, 0.717) is 0 Å². The molecule has 0 aliphatic carbocycles. The van der Waals surface area contributed by atoms with E-state index in [-0.39, 0.29) is 23.3 Å². The zero-order chi connectivity index (χ0) is 13.0. The highest BCUT2D eigenvalue weighted by Gasteiger charge is 2.28. The number of sulfone groups is 1. The first-order chi connectivity index (χ1) is 8.57. The fourth-order valence-corrected chi connectivity index (χ4v) is 4.11. The minimum absolute atomic E-state index is 0.152. The number of hydrogen-bond donors (Lipinski definition) is 1. The Morgan fingerprint density at radius 3 is 2.22 bits per heavy atom. The monoisotopic (exact) mass is 274 g/mol. The van der Waals surface area contributed by atoms with Crippen molar-refractivity contribution in [2.45, 2.75) is 25.7 Å². The van der Waals surface area contributed by atoms with Gasteiger partial charge in [-0.15, -0.1) is 0 Å². The third-order valence-electron chi connectivity index (χ3n) is 3.66. The Labute approximate surface area is 109 Å². The average Bonchev–Trinajstić information content (AvgIpc) is 2.51. The van der Waals surface area contributed by atoms with Gasteiger partial charge in [-0.25, -0.2) is 8.42 Å². The molecule has 0 bridgehead atoms. The maximum absolute atomic E-state index is 12.0. The van der Waals surface area contributed by atoms with Gasteiger partial charge in [0.25, 0.3) is 0 Å². The van der Waals surface area contributed by atoms with E-state index < -0.39 is 9.84 Å². The predicted octanol–water partition coefficient (Wildman–Crippen LogP) is 0.0232. The second-order valence-electron chi connectivity index (χ2n) is 5.37. The molecular formula is C12H22N2O3S. The van der Waals surface area contributed by atoms with Gasteiger partial charge in [0.15, 0.2) is 9.84 Å². The van der Waals surface area contributed by atoms with Crippen LogP contribution in [0.3, 0.4) is 0 Å². The molecule has 1 N–H and O–H groups in total. The van der Waals surface area contributed by atoms with E-state index in [4.69, 9.17) is 0 Å². The van der Waals surface area contributed by atoms with Crippen molar-refractivity contribution < 1.29 is 13.2 Å². The van der Waals surface area contributed by atoms with Crippen LogP contribution in [0.4, 0.5) is 0 Å². The summed E-state index contributed by atoms with van der Waals surface area (Å²) in [6.45, 7) is 2.97. The fraction of sp³-hybridized carbons (Fsp3) is 0.917. The molecule has 2 saturated heterocycles. The van der Waals surface area contributed by atoms with E-state index in [2.05, 4.69) is 5.32 Å². The molecule has 2 rings (SSSR count). The molecule has 0 atom stereocenters. The standard InChI is InChI=1S/C12H22N2O3S/c15-12(14-5-3-1-2-4-6-14)10-18(16,17)9-11-7-13-8-11/h11,13H,1-10H2. The number of hydrogen-bond acceptors (Lipinski definition) is 4. The first kappa shape index (κ1) is 13.8. The molecule has 0 radical (unpaired) electrons. The number of carbonyl (C=O) groups excluding carboxylic acids is 1. The van der Waals surface area contributed by atoms with Crippen LogP contribution in [0.2, 0.25) is 0 Å². The molecule has 104 valence electrons. The minimum atomic E-state index is -3.23. The Morgan fingerprint density at radius 2 is 1.72 bits per heavy atom. The Bertz CT molecular complexity index is 382. The maximum atomic E-state index is 12.0. The fourth-order valence-electron chi connectivity index (χ4n) is 2.48. The molecule has 5 nitrogen and oxygen atoms in total. The van der Waals surface area contributed by atoms with Crippen LogP contribution in [0.1, 0.15) is 25.7 Å². The number of nitrogens with one attached hydrogen (secondary N) is 1. The SMILES string of the molecule is O=C(CS(=O)(=O)CC1CNC1)N1CCCCCC1. The van der Waals surface area contributed by atoms with Gasteiger partial charge in [0.05, 0.1) is 5.75 Å². The average molecular weight is 274 g/mol. The lowest BCUT2D eigenvalue weighted by Crippen LogP contribution is -2.47. The van der Waals surface area contributed by atoms with E-state index in [1.165, 1.54) is 0 Å². The number of carbonyl (C=O) groups is 1. The summed E-state index contributed by atoms with van der Waals surface area (Å²) in [6.07, 6.45) is 4.28. The van der Waals surface area contributed by atoms with E-state index in [0.717, 1.165) is 51.9 Å². The van der Waals surface area contributed by atoms with Crippen molar-refractivity contribution in [2.75, 3.05) is 37.7 Å². The zero-order valence-electron chi connectivity index (χ0n) is 10.7. The van der Waals surface area contributed by atoms with Crippen LogP contribution in [0.25, 0.3) is 0 Å². The van der Waals surface area contributed by atoms with Crippen molar-refractivity contribution >= 4 is 15.7 Å². The van der Waals surface area contributed by atoms with Crippen molar-refractivity contribution in [3.05, 3.63) is 0 Å². The summed E-state index contributed by atoms with van der Waals surface area (Å²) in [5.41, 5.74) is 0. The maximum Gasteiger partial charge on any atom is 0.237 e. The molecule has 2 fully saturated rings. The molecule has 2 aliphatic rings. The molecule has 0 aromatic rings. The van der Waals surface area contributed by atoms with Gasteiger partial charge in [0.2, 0.25) is 5.91 Å². The van der Waals surface area contributed by atoms with Crippen LogP contribution in [0, 0.1) is 5.92 Å². The molecule has 0 unspecified atom stereocenters. The minimum Gasteiger partial charge on any atom is -0.342 e. The Balaban J connectivity index is 1.84. The van der Waals surface area contributed by atoms with Crippen molar-refractivity contribution in [3.8, 4) is 0 Å². The second-order valence-corrected chi connectivity index (χ2v) is 7.48. The summed E-state index contributed by atoms with van der Waals surface area (Å²) in [7, 11) is -3.23. The van der Waals surface area contributed by atoms with Crippen molar-refractivity contribution in [1.29, 1.82) is 0 Å².